The summed E-state index contributed by atoms with van der Waals surface area (Å²) < 4.78 is 10.3. The normalized spacial score (nSPS) is 37.0. The quantitative estimate of drug-likeness (QED) is 0.568. The number of hydrogen-bond donors (Lipinski definition) is 0. The monoisotopic (exact) mass is 212 g/mol. The Morgan fingerprint density at radius 1 is 1.07 bits per heavy atom. The van der Waals surface area contributed by atoms with Crippen molar-refractivity contribution in [3.05, 3.63) is 0 Å². The molecule has 15 heavy (non-hydrogen) atoms. The number of fused-ring (bicyclic) bond motifs is 1. The Hall–Kier alpha value is -1.06. The average Bonchev–Trinajstić information content (AvgIpc) is 2.24. The van der Waals surface area contributed by atoms with Gasteiger partial charge in [-0.25, -0.2) is 0 Å². The summed E-state index contributed by atoms with van der Waals surface area (Å²) in [6, 6.07) is 0. The van der Waals surface area contributed by atoms with Crippen molar-refractivity contribution in [2.45, 2.75) is 38.7 Å². The molecule has 1 saturated heterocycles. The maximum Gasteiger partial charge on any atom is 0.310 e. The van der Waals surface area contributed by atoms with Gasteiger partial charge >= 0.3 is 11.9 Å². The van der Waals surface area contributed by atoms with Gasteiger partial charge in [-0.3, -0.25) is 9.59 Å². The SMILES string of the molecule is C[C@@H]1COC(=O)[C@@H]2CCCC[C@H]2C(=O)O1. The van der Waals surface area contributed by atoms with Gasteiger partial charge < -0.3 is 9.47 Å². The Balaban J connectivity index is 2.15. The third kappa shape index (κ3) is 2.13. The van der Waals surface area contributed by atoms with E-state index in [1.54, 1.807) is 6.92 Å². The average molecular weight is 212 g/mol. The molecule has 1 saturated carbocycles. The second-order valence-electron chi connectivity index (χ2n) is 4.37. The topological polar surface area (TPSA) is 52.6 Å². The maximum absolute atomic E-state index is 11.7. The lowest BCUT2D eigenvalue weighted by molar-refractivity contribution is -0.177. The molecule has 0 aromatic carbocycles. The van der Waals surface area contributed by atoms with E-state index in [4.69, 9.17) is 9.47 Å². The van der Waals surface area contributed by atoms with Gasteiger partial charge in [0, 0.05) is 0 Å². The highest BCUT2D eigenvalue weighted by Gasteiger charge is 2.39. The molecule has 0 aromatic rings. The van der Waals surface area contributed by atoms with E-state index < -0.39 is 0 Å². The Bertz CT molecular complexity index is 274. The lowest BCUT2D eigenvalue weighted by Crippen LogP contribution is -2.40. The minimum absolute atomic E-state index is 0.188. The summed E-state index contributed by atoms with van der Waals surface area (Å²) in [7, 11) is 0. The third-order valence-electron chi connectivity index (χ3n) is 3.15. The molecule has 2 rings (SSSR count). The van der Waals surface area contributed by atoms with Crippen LogP contribution in [0.1, 0.15) is 32.6 Å². The zero-order valence-corrected chi connectivity index (χ0v) is 8.90. The summed E-state index contributed by atoms with van der Waals surface area (Å²) in [6.07, 6.45) is 3.19. The molecule has 0 amide bonds. The van der Waals surface area contributed by atoms with Crippen molar-refractivity contribution in [2.24, 2.45) is 11.8 Å². The molecular weight excluding hydrogens is 196 g/mol. The molecule has 1 aliphatic heterocycles. The van der Waals surface area contributed by atoms with Gasteiger partial charge in [0.05, 0.1) is 11.8 Å². The molecule has 1 aliphatic carbocycles. The molecular formula is C11H16O4. The van der Waals surface area contributed by atoms with Gasteiger partial charge in [0.2, 0.25) is 0 Å². The molecule has 2 aliphatic rings. The van der Waals surface area contributed by atoms with Crippen LogP contribution in [0.4, 0.5) is 0 Å². The maximum atomic E-state index is 11.7. The van der Waals surface area contributed by atoms with Crippen LogP contribution in [0.15, 0.2) is 0 Å². The Morgan fingerprint density at radius 2 is 1.67 bits per heavy atom. The molecule has 4 heteroatoms. The van der Waals surface area contributed by atoms with Crippen LogP contribution in [-0.2, 0) is 19.1 Å². The molecule has 0 unspecified atom stereocenters. The third-order valence-corrected chi connectivity index (χ3v) is 3.15. The zero-order valence-electron chi connectivity index (χ0n) is 8.90. The standard InChI is InChI=1S/C11H16O4/c1-7-6-14-10(12)8-4-2-3-5-9(8)11(13)15-7/h7-9H,2-6H2,1H3/t7-,8-,9-/m1/s1. The summed E-state index contributed by atoms with van der Waals surface area (Å²) >= 11 is 0. The van der Waals surface area contributed by atoms with Crippen molar-refractivity contribution in [2.75, 3.05) is 6.61 Å². The number of rotatable bonds is 0. The number of cyclic esters (lactones) is 2. The number of carbonyl (C=O) groups is 2. The number of hydrogen-bond acceptors (Lipinski definition) is 4. The van der Waals surface area contributed by atoms with Crippen molar-refractivity contribution < 1.29 is 19.1 Å². The van der Waals surface area contributed by atoms with Crippen LogP contribution >= 0.6 is 0 Å². The fraction of sp³-hybridized carbons (Fsp3) is 0.818. The molecule has 84 valence electrons. The minimum atomic E-state index is -0.315. The molecule has 2 fully saturated rings. The first-order valence-corrected chi connectivity index (χ1v) is 5.55. The van der Waals surface area contributed by atoms with Gasteiger partial charge in [-0.05, 0) is 19.8 Å². The van der Waals surface area contributed by atoms with Crippen LogP contribution in [0.3, 0.4) is 0 Å². The number of carbonyl (C=O) groups excluding carboxylic acids is 2. The molecule has 4 nitrogen and oxygen atoms in total. The van der Waals surface area contributed by atoms with Crippen molar-refractivity contribution in [1.82, 2.24) is 0 Å². The fourth-order valence-electron chi connectivity index (χ4n) is 2.32. The predicted octanol–water partition coefficient (Wildman–Crippen LogP) is 1.28. The van der Waals surface area contributed by atoms with Crippen LogP contribution in [0.2, 0.25) is 0 Å². The van der Waals surface area contributed by atoms with Gasteiger partial charge in [-0.2, -0.15) is 0 Å². The molecule has 0 N–H and O–H groups in total. The summed E-state index contributed by atoms with van der Waals surface area (Å²) in [5.41, 5.74) is 0. The first-order valence-electron chi connectivity index (χ1n) is 5.55. The molecule has 0 aromatic heterocycles. The van der Waals surface area contributed by atoms with Crippen LogP contribution < -0.4 is 0 Å². The van der Waals surface area contributed by atoms with E-state index in [0.29, 0.717) is 0 Å². The highest BCUT2D eigenvalue weighted by molar-refractivity contribution is 5.82. The first kappa shape index (κ1) is 10.5. The smallest absolute Gasteiger partial charge is 0.310 e. The summed E-state index contributed by atoms with van der Waals surface area (Å²) in [4.78, 5) is 23.4. The van der Waals surface area contributed by atoms with Gasteiger partial charge in [0.1, 0.15) is 12.7 Å². The largest absolute Gasteiger partial charge is 0.462 e. The Labute approximate surface area is 88.9 Å². The molecule has 3 atom stereocenters. The number of ether oxygens (including phenoxy) is 2. The van der Waals surface area contributed by atoms with Crippen molar-refractivity contribution in [3.8, 4) is 0 Å². The van der Waals surface area contributed by atoms with E-state index >= 15 is 0 Å². The lowest BCUT2D eigenvalue weighted by Gasteiger charge is -2.31. The van der Waals surface area contributed by atoms with E-state index in [2.05, 4.69) is 0 Å². The Morgan fingerprint density at radius 3 is 2.33 bits per heavy atom. The number of esters is 2. The molecule has 0 bridgehead atoms. The van der Waals surface area contributed by atoms with Gasteiger partial charge in [0.25, 0.3) is 0 Å². The summed E-state index contributed by atoms with van der Waals surface area (Å²) in [6.45, 7) is 1.93. The Kier molecular flexibility index (Phi) is 2.93. The lowest BCUT2D eigenvalue weighted by atomic mass is 9.79. The van der Waals surface area contributed by atoms with E-state index in [1.165, 1.54) is 0 Å². The van der Waals surface area contributed by atoms with Crippen molar-refractivity contribution >= 4 is 11.9 Å². The molecule has 1 heterocycles. The fourth-order valence-corrected chi connectivity index (χ4v) is 2.32. The second-order valence-corrected chi connectivity index (χ2v) is 4.37. The van der Waals surface area contributed by atoms with Crippen LogP contribution in [0.5, 0.6) is 0 Å². The van der Waals surface area contributed by atoms with Crippen LogP contribution in [0, 0.1) is 11.8 Å². The van der Waals surface area contributed by atoms with E-state index in [-0.39, 0.29) is 36.5 Å². The molecule has 0 radical (unpaired) electrons. The minimum Gasteiger partial charge on any atom is -0.462 e. The zero-order chi connectivity index (χ0) is 10.8. The summed E-state index contributed by atoms with van der Waals surface area (Å²) in [5, 5.41) is 0. The van der Waals surface area contributed by atoms with Gasteiger partial charge in [-0.1, -0.05) is 12.8 Å². The van der Waals surface area contributed by atoms with Gasteiger partial charge in [0.15, 0.2) is 0 Å². The first-order chi connectivity index (χ1) is 7.18. The van der Waals surface area contributed by atoms with Crippen molar-refractivity contribution in [3.63, 3.8) is 0 Å². The van der Waals surface area contributed by atoms with E-state index in [0.717, 1.165) is 25.7 Å². The second kappa shape index (κ2) is 4.21. The van der Waals surface area contributed by atoms with Crippen molar-refractivity contribution in [1.29, 1.82) is 0 Å². The van der Waals surface area contributed by atoms with Crippen LogP contribution in [-0.4, -0.2) is 24.6 Å². The molecule has 0 spiro atoms. The van der Waals surface area contributed by atoms with Gasteiger partial charge in [-0.15, -0.1) is 0 Å². The highest BCUT2D eigenvalue weighted by atomic mass is 16.6. The van der Waals surface area contributed by atoms with Crippen LogP contribution in [0.25, 0.3) is 0 Å². The van der Waals surface area contributed by atoms with E-state index in [1.807, 2.05) is 0 Å². The highest BCUT2D eigenvalue weighted by Crippen LogP contribution is 2.33. The predicted molar refractivity (Wildman–Crippen MR) is 52.0 cm³/mol. The van der Waals surface area contributed by atoms with E-state index in [9.17, 15) is 9.59 Å². The summed E-state index contributed by atoms with van der Waals surface area (Å²) in [5.74, 6) is -0.972.